The monoisotopic (exact) mass is 838 g/mol. The van der Waals surface area contributed by atoms with Gasteiger partial charge in [-0.2, -0.15) is 0 Å². The first kappa shape index (κ1) is 41.5. The first-order valence-electron chi connectivity index (χ1n) is 16.4. The molecule has 269 valence electrons. The minimum Gasteiger partial charge on any atom is -0.611 e. The first-order valence-corrected chi connectivity index (χ1v) is 16.4. The van der Waals surface area contributed by atoms with Gasteiger partial charge in [-0.05, 0) is 61.1 Å². The molecule has 12 nitrogen and oxygen atoms in total. The van der Waals surface area contributed by atoms with E-state index in [2.05, 4.69) is 16.8 Å². The van der Waals surface area contributed by atoms with Crippen LogP contribution in [-0.4, -0.2) is 110 Å². The number of fused-ring (bicyclic) bond motifs is 1. The standard InChI is InChI=1S/C34H56N2O10.Re/c1-13-15-42-33(8)17-18(3)25(37)20(5)28-34(9,46-32(40)35-28)24(14-2)44-30(39)22(7)26(38)21(6)29(33)45-31-27(41-12)23(36(10)11)16-19(4)43-31;/h13,18-24,27-29,31H,1,14-17H2,2-12H3,(H,35,40);/p-1/t18-,19-,20+,21+,22-,23+,24-,27-,28-,29-,31+,33+,34-;/m1./s1. The minimum atomic E-state index is -1.39. The molecule has 3 fully saturated rings. The van der Waals surface area contributed by atoms with Crippen LogP contribution in [0.3, 0.4) is 0 Å². The number of methoxy groups -OCH3 is 1. The second-order valence-electron chi connectivity index (χ2n) is 13.9. The molecule has 3 heterocycles. The Morgan fingerprint density at radius 3 is 2.23 bits per heavy atom. The summed E-state index contributed by atoms with van der Waals surface area (Å²) in [7, 11) is 5.51. The number of hydrogen-bond acceptors (Lipinski definition) is 11. The van der Waals surface area contributed by atoms with E-state index in [0.29, 0.717) is 6.42 Å². The fourth-order valence-corrected chi connectivity index (χ4v) is 7.54. The minimum absolute atomic E-state index is 0. The van der Waals surface area contributed by atoms with Crippen LogP contribution in [0.2, 0.25) is 0 Å². The van der Waals surface area contributed by atoms with Gasteiger partial charge in [-0.25, -0.2) is 0 Å². The van der Waals surface area contributed by atoms with Gasteiger partial charge in [0.2, 0.25) is 6.09 Å². The van der Waals surface area contributed by atoms with Crippen molar-refractivity contribution in [2.75, 3.05) is 27.8 Å². The average molecular weight is 838 g/mol. The normalized spacial score (nSPS) is 42.0. The Balaban J connectivity index is 0.00000768. The van der Waals surface area contributed by atoms with Gasteiger partial charge in [0.15, 0.2) is 12.1 Å². The van der Waals surface area contributed by atoms with Crippen LogP contribution in [0.15, 0.2) is 12.7 Å². The zero-order chi connectivity index (χ0) is 34.7. The molecule has 47 heavy (non-hydrogen) atoms. The molecule has 0 N–H and O–H groups in total. The summed E-state index contributed by atoms with van der Waals surface area (Å²) in [6.45, 7) is 17.8. The number of amides is 1. The van der Waals surface area contributed by atoms with Crippen molar-refractivity contribution < 1.29 is 68.0 Å². The van der Waals surface area contributed by atoms with Gasteiger partial charge in [0.05, 0.1) is 24.4 Å². The number of carbonyl (C=O) groups is 4. The molecule has 0 aromatic carbocycles. The second-order valence-corrected chi connectivity index (χ2v) is 13.9. The molecule has 3 saturated heterocycles. The summed E-state index contributed by atoms with van der Waals surface area (Å²) >= 11 is 0. The predicted octanol–water partition coefficient (Wildman–Crippen LogP) is 4.47. The number of cyclic esters (lactones) is 1. The van der Waals surface area contributed by atoms with Crippen LogP contribution in [0.5, 0.6) is 0 Å². The summed E-state index contributed by atoms with van der Waals surface area (Å²) in [5.74, 6) is -4.85. The van der Waals surface area contributed by atoms with Crippen molar-refractivity contribution in [2.24, 2.45) is 23.7 Å². The van der Waals surface area contributed by atoms with Crippen molar-refractivity contribution in [1.82, 2.24) is 4.90 Å². The second kappa shape index (κ2) is 16.8. The molecule has 0 aromatic heterocycles. The molecule has 1 amide bonds. The number of ether oxygens (including phenoxy) is 6. The summed E-state index contributed by atoms with van der Waals surface area (Å²) in [6, 6.07) is -0.949. The molecular formula is C34H55N2O10Re-. The largest absolute Gasteiger partial charge is 0.611 e. The van der Waals surface area contributed by atoms with Crippen molar-refractivity contribution in [1.29, 1.82) is 0 Å². The SMILES string of the molecule is C=CCO[C@@]1(C)C[C@@H](C)C(=O)[C@H](C)[C@H]2[N-]C(=O)O[C@]2(C)[C@@H](CC)OC(=O)[C@H](C)C(=O)[C@H](C)[C@H]1O[C@@H]1O[C@H](C)C[C@H](N(C)C)[C@H]1OC.[Re]. The maximum Gasteiger partial charge on any atom is 0.316 e. The molecule has 3 aliphatic heterocycles. The quantitative estimate of drug-likeness (QED) is 0.194. The summed E-state index contributed by atoms with van der Waals surface area (Å²) in [5.41, 5.74) is -2.63. The Hall–Kier alpha value is -1.72. The Morgan fingerprint density at radius 1 is 1.04 bits per heavy atom. The van der Waals surface area contributed by atoms with E-state index in [9.17, 15) is 19.2 Å². The number of rotatable bonds is 8. The van der Waals surface area contributed by atoms with E-state index >= 15 is 0 Å². The molecule has 0 aromatic rings. The third-order valence-electron chi connectivity index (χ3n) is 10.1. The van der Waals surface area contributed by atoms with Gasteiger partial charge in [-0.15, -0.1) is 6.58 Å². The maximum atomic E-state index is 14.2. The Labute approximate surface area is 293 Å². The number of ketones is 2. The number of hydrogen-bond donors (Lipinski definition) is 0. The van der Waals surface area contributed by atoms with Gasteiger partial charge in [-0.1, -0.05) is 39.8 Å². The summed E-state index contributed by atoms with van der Waals surface area (Å²) in [5, 5.41) is 4.17. The third kappa shape index (κ3) is 8.72. The van der Waals surface area contributed by atoms with Crippen LogP contribution in [0, 0.1) is 23.7 Å². The van der Waals surface area contributed by atoms with Crippen molar-refractivity contribution in [2.45, 2.75) is 129 Å². The molecule has 0 saturated carbocycles. The fraction of sp³-hybridized carbons (Fsp3) is 0.824. The zero-order valence-corrected chi connectivity index (χ0v) is 32.5. The number of Topliss-reactive ketones (excluding diaryl/α,β-unsaturated/α-hetero) is 2. The third-order valence-corrected chi connectivity index (χ3v) is 10.1. The molecule has 13 atom stereocenters. The van der Waals surface area contributed by atoms with Gasteiger partial charge >= 0.3 is 5.97 Å². The van der Waals surface area contributed by atoms with Gasteiger partial charge in [0.1, 0.15) is 29.5 Å². The molecular weight excluding hydrogens is 783 g/mol. The molecule has 0 unspecified atom stereocenters. The van der Waals surface area contributed by atoms with Gasteiger partial charge in [-0.3, -0.25) is 19.2 Å². The summed E-state index contributed by atoms with van der Waals surface area (Å²) in [4.78, 5) is 56.5. The molecule has 3 rings (SSSR count). The van der Waals surface area contributed by atoms with Crippen LogP contribution < -0.4 is 0 Å². The van der Waals surface area contributed by atoms with E-state index < -0.39 is 83.4 Å². The predicted molar refractivity (Wildman–Crippen MR) is 170 cm³/mol. The molecule has 0 aliphatic carbocycles. The van der Waals surface area contributed by atoms with E-state index in [1.54, 1.807) is 54.7 Å². The molecule has 13 heteroatoms. The van der Waals surface area contributed by atoms with Crippen LogP contribution in [0.25, 0.3) is 5.32 Å². The van der Waals surface area contributed by atoms with E-state index in [1.807, 2.05) is 21.0 Å². The number of esters is 1. The van der Waals surface area contributed by atoms with Crippen molar-refractivity contribution in [3.8, 4) is 0 Å². The first-order chi connectivity index (χ1) is 21.4. The summed E-state index contributed by atoms with van der Waals surface area (Å²) in [6.07, 6.45) is -1.58. The van der Waals surface area contributed by atoms with E-state index in [1.165, 1.54) is 6.92 Å². The molecule has 0 spiro atoms. The molecule has 1 radical (unpaired) electrons. The Morgan fingerprint density at radius 2 is 1.68 bits per heavy atom. The smallest absolute Gasteiger partial charge is 0.316 e. The van der Waals surface area contributed by atoms with Gasteiger partial charge in [0, 0.05) is 51.3 Å². The van der Waals surface area contributed by atoms with E-state index in [4.69, 9.17) is 28.4 Å². The van der Waals surface area contributed by atoms with Crippen LogP contribution in [0.4, 0.5) is 4.79 Å². The van der Waals surface area contributed by atoms with Gasteiger partial charge in [0.25, 0.3) is 0 Å². The van der Waals surface area contributed by atoms with E-state index in [-0.39, 0.29) is 57.8 Å². The molecule has 0 bridgehead atoms. The topological polar surface area (TPSA) is 141 Å². The number of likely N-dealkylation sites (N-methyl/N-ethyl adjacent to an activating group) is 1. The Kier molecular flexibility index (Phi) is 14.8. The van der Waals surface area contributed by atoms with Crippen LogP contribution >= 0.6 is 0 Å². The zero-order valence-electron chi connectivity index (χ0n) is 29.8. The van der Waals surface area contributed by atoms with E-state index in [0.717, 1.165) is 0 Å². The van der Waals surface area contributed by atoms with Crippen LogP contribution in [-0.2, 0) is 63.2 Å². The average Bonchev–Trinajstić information content (AvgIpc) is 3.32. The Bertz CT molecular complexity index is 1140. The van der Waals surface area contributed by atoms with Gasteiger partial charge < -0.3 is 38.6 Å². The maximum absolute atomic E-state index is 14.2. The number of carbonyl (C=O) groups excluding carboxylic acids is 4. The van der Waals surface area contributed by atoms with Crippen molar-refractivity contribution >= 4 is 23.6 Å². The van der Waals surface area contributed by atoms with Crippen molar-refractivity contribution in [3.05, 3.63) is 18.0 Å². The summed E-state index contributed by atoms with van der Waals surface area (Å²) < 4.78 is 37.0. The fourth-order valence-electron chi connectivity index (χ4n) is 7.54. The van der Waals surface area contributed by atoms with Crippen LogP contribution in [0.1, 0.15) is 74.7 Å². The number of nitrogens with zero attached hydrogens (tertiary/aromatic N) is 2. The van der Waals surface area contributed by atoms with Crippen molar-refractivity contribution in [3.63, 3.8) is 0 Å². The molecule has 3 aliphatic rings.